The summed E-state index contributed by atoms with van der Waals surface area (Å²) in [5, 5.41) is 2.74. The number of nitrogens with zero attached hydrogens (tertiary/aromatic N) is 1. The van der Waals surface area contributed by atoms with E-state index in [-0.39, 0.29) is 19.1 Å². The quantitative estimate of drug-likeness (QED) is 0.735. The minimum absolute atomic E-state index is 0.116. The van der Waals surface area contributed by atoms with Gasteiger partial charge in [-0.15, -0.1) is 11.3 Å². The topological polar surface area (TPSA) is 75.7 Å². The molecule has 154 valence electrons. The van der Waals surface area contributed by atoms with Gasteiger partial charge >= 0.3 is 5.97 Å². The van der Waals surface area contributed by atoms with Crippen molar-refractivity contribution in [3.8, 4) is 0 Å². The molecule has 1 N–H and O–H groups in total. The Hall–Kier alpha value is -2.67. The molecule has 3 rings (SSSR count). The van der Waals surface area contributed by atoms with E-state index in [1.165, 1.54) is 33.7 Å². The maximum absolute atomic E-state index is 12.3. The highest BCUT2D eigenvalue weighted by atomic mass is 32.1. The molecule has 1 atom stereocenters. The van der Waals surface area contributed by atoms with E-state index in [1.807, 2.05) is 25.1 Å². The van der Waals surface area contributed by atoms with Crippen molar-refractivity contribution in [2.45, 2.75) is 33.1 Å². The molecule has 0 saturated carbocycles. The highest BCUT2D eigenvalue weighted by Gasteiger charge is 2.22. The third kappa shape index (κ3) is 5.67. The molecule has 2 amide bonds. The van der Waals surface area contributed by atoms with Gasteiger partial charge in [-0.1, -0.05) is 24.6 Å². The lowest BCUT2D eigenvalue weighted by molar-refractivity contribution is -0.136. The fourth-order valence-corrected chi connectivity index (χ4v) is 4.36. The van der Waals surface area contributed by atoms with Gasteiger partial charge < -0.3 is 15.0 Å². The van der Waals surface area contributed by atoms with Gasteiger partial charge in [-0.05, 0) is 55.9 Å². The molecule has 1 heterocycles. The van der Waals surface area contributed by atoms with E-state index in [2.05, 4.69) is 12.2 Å². The van der Waals surface area contributed by atoms with Crippen molar-refractivity contribution >= 4 is 34.8 Å². The first-order valence-electron chi connectivity index (χ1n) is 9.71. The lowest BCUT2D eigenvalue weighted by atomic mass is 9.90. The highest BCUT2D eigenvalue weighted by molar-refractivity contribution is 7.14. The first-order valence-corrected chi connectivity index (χ1v) is 10.5. The van der Waals surface area contributed by atoms with Crippen LogP contribution in [0.2, 0.25) is 0 Å². The van der Waals surface area contributed by atoms with Gasteiger partial charge in [-0.25, -0.2) is 4.79 Å². The minimum atomic E-state index is -0.483. The number of fused-ring (bicyclic) bond motifs is 1. The third-order valence-electron chi connectivity index (χ3n) is 5.00. The van der Waals surface area contributed by atoms with Crippen LogP contribution in [0.15, 0.2) is 30.3 Å². The normalized spacial score (nSPS) is 15.3. The minimum Gasteiger partial charge on any atom is -0.451 e. The van der Waals surface area contributed by atoms with E-state index in [4.69, 9.17) is 4.74 Å². The summed E-state index contributed by atoms with van der Waals surface area (Å²) in [6.07, 6.45) is 3.11. The van der Waals surface area contributed by atoms with E-state index >= 15 is 0 Å². The Kier molecular flexibility index (Phi) is 6.69. The summed E-state index contributed by atoms with van der Waals surface area (Å²) in [6, 6.07) is 9.29. The SMILES string of the molecule is Cc1ccc(NC(=O)CN(C)C(=O)COC(=O)c2cc3c(s2)CC[C@H](C)C3)cc1. The molecule has 7 heteroatoms. The number of anilines is 1. The summed E-state index contributed by atoms with van der Waals surface area (Å²) < 4.78 is 5.18. The van der Waals surface area contributed by atoms with Gasteiger partial charge in [-0.3, -0.25) is 9.59 Å². The average Bonchev–Trinajstić information content (AvgIpc) is 3.10. The molecular formula is C22H26N2O4S. The maximum atomic E-state index is 12.3. The number of esters is 1. The number of aryl methyl sites for hydroxylation is 2. The fraction of sp³-hybridized carbons (Fsp3) is 0.409. The number of ether oxygens (including phenoxy) is 1. The Morgan fingerprint density at radius 1 is 1.24 bits per heavy atom. The third-order valence-corrected chi connectivity index (χ3v) is 6.22. The first kappa shape index (κ1) is 21.0. The summed E-state index contributed by atoms with van der Waals surface area (Å²) >= 11 is 1.45. The standard InChI is InChI=1S/C22H26N2O4S/c1-14-4-7-17(8-5-14)23-20(25)12-24(3)21(26)13-28-22(27)19-11-16-10-15(2)6-9-18(16)29-19/h4-5,7-8,11,15H,6,9-10,12-13H2,1-3H3,(H,23,25)/t15-/m0/s1. The van der Waals surface area contributed by atoms with Crippen molar-refractivity contribution in [3.05, 3.63) is 51.2 Å². The number of hydrogen-bond donors (Lipinski definition) is 1. The van der Waals surface area contributed by atoms with Crippen LogP contribution in [0.5, 0.6) is 0 Å². The van der Waals surface area contributed by atoms with Crippen LogP contribution in [-0.4, -0.2) is 42.9 Å². The first-order chi connectivity index (χ1) is 13.8. The van der Waals surface area contributed by atoms with E-state index < -0.39 is 11.9 Å². The van der Waals surface area contributed by atoms with Crippen LogP contribution in [0.25, 0.3) is 0 Å². The Balaban J connectivity index is 1.46. The molecule has 1 aromatic carbocycles. The molecule has 0 saturated heterocycles. The second kappa shape index (κ2) is 9.22. The van der Waals surface area contributed by atoms with Gasteiger partial charge in [0, 0.05) is 17.6 Å². The maximum Gasteiger partial charge on any atom is 0.348 e. The highest BCUT2D eigenvalue weighted by Crippen LogP contribution is 2.32. The molecule has 1 aliphatic carbocycles. The molecule has 1 aromatic heterocycles. The van der Waals surface area contributed by atoms with Gasteiger partial charge in [0.05, 0.1) is 6.54 Å². The van der Waals surface area contributed by atoms with Crippen LogP contribution in [0.1, 0.15) is 39.0 Å². The van der Waals surface area contributed by atoms with Crippen LogP contribution < -0.4 is 5.32 Å². The molecule has 0 unspecified atom stereocenters. The van der Waals surface area contributed by atoms with Gasteiger partial charge in [0.25, 0.3) is 5.91 Å². The molecule has 1 aliphatic rings. The largest absolute Gasteiger partial charge is 0.451 e. The molecule has 0 bridgehead atoms. The van der Waals surface area contributed by atoms with Crippen molar-refractivity contribution in [1.82, 2.24) is 4.90 Å². The van der Waals surface area contributed by atoms with Gasteiger partial charge in [-0.2, -0.15) is 0 Å². The van der Waals surface area contributed by atoms with Gasteiger partial charge in [0.1, 0.15) is 4.88 Å². The van der Waals surface area contributed by atoms with Crippen LogP contribution in [0, 0.1) is 12.8 Å². The van der Waals surface area contributed by atoms with Gasteiger partial charge in [0.2, 0.25) is 5.91 Å². The summed E-state index contributed by atoms with van der Waals surface area (Å²) in [5.41, 5.74) is 2.99. The number of thiophene rings is 1. The second-order valence-corrected chi connectivity index (χ2v) is 8.78. The number of carbonyl (C=O) groups is 3. The zero-order valence-electron chi connectivity index (χ0n) is 17.0. The number of nitrogens with one attached hydrogen (secondary N) is 1. The molecule has 6 nitrogen and oxygen atoms in total. The molecular weight excluding hydrogens is 388 g/mol. The molecule has 0 aliphatic heterocycles. The summed E-state index contributed by atoms with van der Waals surface area (Å²) in [4.78, 5) is 39.6. The Bertz CT molecular complexity index is 904. The number of carbonyl (C=O) groups excluding carboxylic acids is 3. The molecule has 0 radical (unpaired) electrons. The van der Waals surface area contributed by atoms with E-state index in [0.717, 1.165) is 24.8 Å². The molecule has 0 spiro atoms. The van der Waals surface area contributed by atoms with E-state index in [1.54, 1.807) is 12.1 Å². The van der Waals surface area contributed by atoms with Crippen molar-refractivity contribution in [3.63, 3.8) is 0 Å². The van der Waals surface area contributed by atoms with Crippen LogP contribution in [0.3, 0.4) is 0 Å². The Morgan fingerprint density at radius 2 is 1.97 bits per heavy atom. The van der Waals surface area contributed by atoms with Crippen LogP contribution >= 0.6 is 11.3 Å². The lowest BCUT2D eigenvalue weighted by Gasteiger charge is -2.16. The molecule has 2 aromatic rings. The molecule has 29 heavy (non-hydrogen) atoms. The number of benzene rings is 1. The van der Waals surface area contributed by atoms with E-state index in [0.29, 0.717) is 16.5 Å². The lowest BCUT2D eigenvalue weighted by Crippen LogP contribution is -2.37. The number of hydrogen-bond acceptors (Lipinski definition) is 5. The van der Waals surface area contributed by atoms with Crippen molar-refractivity contribution in [2.75, 3.05) is 25.5 Å². The second-order valence-electron chi connectivity index (χ2n) is 7.65. The zero-order chi connectivity index (χ0) is 21.0. The van der Waals surface area contributed by atoms with Crippen LogP contribution in [-0.2, 0) is 27.2 Å². The average molecular weight is 415 g/mol. The Labute approximate surface area is 174 Å². The van der Waals surface area contributed by atoms with Crippen LogP contribution in [0.4, 0.5) is 5.69 Å². The van der Waals surface area contributed by atoms with Crippen molar-refractivity contribution in [2.24, 2.45) is 5.92 Å². The Morgan fingerprint density at radius 3 is 2.69 bits per heavy atom. The van der Waals surface area contributed by atoms with Gasteiger partial charge in [0.15, 0.2) is 6.61 Å². The summed E-state index contributed by atoms with van der Waals surface area (Å²) in [6.45, 7) is 3.68. The predicted octanol–water partition coefficient (Wildman–Crippen LogP) is 3.44. The summed E-state index contributed by atoms with van der Waals surface area (Å²) in [5.74, 6) is -0.589. The number of rotatable bonds is 6. The zero-order valence-corrected chi connectivity index (χ0v) is 17.8. The predicted molar refractivity (Wildman–Crippen MR) is 113 cm³/mol. The molecule has 0 fully saturated rings. The smallest absolute Gasteiger partial charge is 0.348 e. The van der Waals surface area contributed by atoms with Crippen molar-refractivity contribution in [1.29, 1.82) is 0 Å². The number of amides is 2. The summed E-state index contributed by atoms with van der Waals surface area (Å²) in [7, 11) is 1.51. The van der Waals surface area contributed by atoms with E-state index in [9.17, 15) is 14.4 Å². The number of likely N-dealkylation sites (N-methyl/N-ethyl adjacent to an activating group) is 1. The fourth-order valence-electron chi connectivity index (χ4n) is 3.26. The van der Waals surface area contributed by atoms with Crippen molar-refractivity contribution < 1.29 is 19.1 Å². The monoisotopic (exact) mass is 414 g/mol.